The number of benzene rings is 2. The fourth-order valence-corrected chi connectivity index (χ4v) is 8.96. The van der Waals surface area contributed by atoms with Crippen LogP contribution in [0.15, 0.2) is 90.2 Å². The number of hydrogen-bond acceptors (Lipinski definition) is 5. The molecule has 2 aliphatic heterocycles. The molecule has 4 atom stereocenters. The zero-order valence-corrected chi connectivity index (χ0v) is 25.7. The van der Waals surface area contributed by atoms with Crippen LogP contribution in [0, 0.1) is 11.8 Å². The van der Waals surface area contributed by atoms with E-state index in [2.05, 4.69) is 93.1 Å². The van der Waals surface area contributed by atoms with Crippen LogP contribution in [0.25, 0.3) is 21.2 Å². The number of hydrogen-bond donors (Lipinski definition) is 2. The maximum atomic E-state index is 12.8. The Labute approximate surface area is 257 Å². The minimum Gasteiger partial charge on any atom is -0.477 e. The zero-order chi connectivity index (χ0) is 30.0. The lowest BCUT2D eigenvalue weighted by molar-refractivity contribution is -0.721. The molecule has 2 aliphatic rings. The Morgan fingerprint density at radius 2 is 1.84 bits per heavy atom. The number of rotatable bonds is 8. The molecule has 1 amide bonds. The molecule has 218 valence electrons. The van der Waals surface area contributed by atoms with E-state index >= 15 is 0 Å². The van der Waals surface area contributed by atoms with Gasteiger partial charge in [0, 0.05) is 28.5 Å². The minimum absolute atomic E-state index is 0.0450. The Hall–Kier alpha value is -3.99. The van der Waals surface area contributed by atoms with Crippen LogP contribution >= 0.6 is 23.1 Å². The molecule has 1 unspecified atom stereocenters. The number of aliphatic hydroxyl groups is 1. The number of nitrogens with zero attached hydrogens (tertiary/aromatic N) is 4. The number of thioether (sulfide) groups is 1. The van der Waals surface area contributed by atoms with Crippen molar-refractivity contribution in [2.24, 2.45) is 11.8 Å². The van der Waals surface area contributed by atoms with Gasteiger partial charge in [-0.2, -0.15) is 4.40 Å². The number of fused-ring (bicyclic) bond motifs is 3. The van der Waals surface area contributed by atoms with Gasteiger partial charge < -0.3 is 15.1 Å². The predicted molar refractivity (Wildman–Crippen MR) is 166 cm³/mol. The highest BCUT2D eigenvalue weighted by Crippen LogP contribution is 2.51. The lowest BCUT2D eigenvalue weighted by Gasteiger charge is -2.46. The topological polar surface area (TPSA) is 90.0 Å². The average Bonchev–Trinajstić information content (AvgIpc) is 3.60. The van der Waals surface area contributed by atoms with Crippen molar-refractivity contribution in [1.82, 2.24) is 9.30 Å². The lowest BCUT2D eigenvalue weighted by atomic mass is 9.77. The molecule has 0 saturated carbocycles. The van der Waals surface area contributed by atoms with Crippen molar-refractivity contribution in [3.63, 3.8) is 0 Å². The van der Waals surface area contributed by atoms with Gasteiger partial charge in [0.25, 0.3) is 6.33 Å². The van der Waals surface area contributed by atoms with Crippen LogP contribution in [-0.4, -0.2) is 49.8 Å². The first-order valence-electron chi connectivity index (χ1n) is 14.3. The second-order valence-electron chi connectivity index (χ2n) is 11.4. The van der Waals surface area contributed by atoms with Gasteiger partial charge in [-0.25, -0.2) is 13.9 Å². The number of amides is 1. The number of aromatic nitrogens is 3. The highest BCUT2D eigenvalue weighted by atomic mass is 32.2. The van der Waals surface area contributed by atoms with Crippen molar-refractivity contribution in [2.75, 3.05) is 6.26 Å². The second-order valence-corrected chi connectivity index (χ2v) is 13.3. The Morgan fingerprint density at radius 3 is 2.56 bits per heavy atom. The van der Waals surface area contributed by atoms with E-state index in [1.54, 1.807) is 30.0 Å². The largest absolute Gasteiger partial charge is 0.477 e. The number of thiazole rings is 1. The third-order valence-electron chi connectivity index (χ3n) is 8.69. The van der Waals surface area contributed by atoms with Gasteiger partial charge in [0.2, 0.25) is 15.8 Å². The van der Waals surface area contributed by atoms with Gasteiger partial charge in [0.1, 0.15) is 18.4 Å². The van der Waals surface area contributed by atoms with E-state index in [1.165, 1.54) is 26.8 Å². The zero-order valence-electron chi connectivity index (χ0n) is 24.0. The lowest BCUT2D eigenvalue weighted by Crippen LogP contribution is -2.63. The Kier molecular flexibility index (Phi) is 6.87. The summed E-state index contributed by atoms with van der Waals surface area (Å²) in [4.78, 5) is 28.4. The smallest absolute Gasteiger partial charge is 0.352 e. The highest BCUT2D eigenvalue weighted by Gasteiger charge is 2.60. The number of carboxylic acid groups (broad SMARTS) is 1. The van der Waals surface area contributed by atoms with Gasteiger partial charge in [-0.3, -0.25) is 4.79 Å². The molecular formula is C33H32N4O4S2+2. The fourth-order valence-electron chi connectivity index (χ4n) is 6.78. The van der Waals surface area contributed by atoms with Crippen LogP contribution in [-0.2, 0) is 22.7 Å². The summed E-state index contributed by atoms with van der Waals surface area (Å²) in [5, 5.41) is 23.8. The maximum Gasteiger partial charge on any atom is 0.352 e. The summed E-state index contributed by atoms with van der Waals surface area (Å²) in [6.45, 7) is 5.04. The van der Waals surface area contributed by atoms with E-state index in [0.717, 1.165) is 21.3 Å². The first-order valence-corrected chi connectivity index (χ1v) is 16.3. The summed E-state index contributed by atoms with van der Waals surface area (Å²) in [5.74, 6) is -2.19. The monoisotopic (exact) mass is 612 g/mol. The number of aliphatic carboxylic acids is 1. The van der Waals surface area contributed by atoms with Crippen LogP contribution in [0.1, 0.15) is 29.9 Å². The molecule has 1 fully saturated rings. The van der Waals surface area contributed by atoms with Gasteiger partial charge in [-0.05, 0) is 36.3 Å². The normalized spacial score (nSPS) is 20.6. The third kappa shape index (κ3) is 4.56. The van der Waals surface area contributed by atoms with Crippen LogP contribution < -0.4 is 9.13 Å². The van der Waals surface area contributed by atoms with Crippen molar-refractivity contribution in [2.45, 2.75) is 44.1 Å². The quantitative estimate of drug-likeness (QED) is 0.156. The summed E-state index contributed by atoms with van der Waals surface area (Å²) in [6, 6.07) is 18.8. The molecule has 0 radical (unpaired) electrons. The van der Waals surface area contributed by atoms with E-state index in [4.69, 9.17) is 0 Å². The SMILES string of the molecule is CSc1c2sc(C3=C(C(=O)O)N4C(=O)[C@H]([C@@H](C)O)C4[C@H]3C)cn2c[n+]1Cc1cccc(C[n+]2ccc3ccccc3c2)c1. The van der Waals surface area contributed by atoms with Gasteiger partial charge >= 0.3 is 5.97 Å². The number of pyridine rings is 1. The number of imidazole rings is 1. The Balaban J connectivity index is 1.17. The first-order chi connectivity index (χ1) is 20.7. The summed E-state index contributed by atoms with van der Waals surface area (Å²) >= 11 is 3.21. The molecule has 0 spiro atoms. The van der Waals surface area contributed by atoms with Crippen LogP contribution in [0.5, 0.6) is 0 Å². The molecule has 2 N–H and O–H groups in total. The van der Waals surface area contributed by atoms with E-state index in [0.29, 0.717) is 12.1 Å². The number of aliphatic hydroxyl groups excluding tert-OH is 1. The summed E-state index contributed by atoms with van der Waals surface area (Å²) in [6.07, 6.45) is 9.57. The van der Waals surface area contributed by atoms with Gasteiger partial charge in [0.05, 0.1) is 22.9 Å². The molecular weight excluding hydrogens is 581 g/mol. The number of carbonyl (C=O) groups is 2. The van der Waals surface area contributed by atoms with Gasteiger partial charge in [-0.15, -0.1) is 0 Å². The van der Waals surface area contributed by atoms with Crippen molar-refractivity contribution in [3.8, 4) is 0 Å². The Bertz CT molecular complexity index is 1960. The number of carbonyl (C=O) groups excluding carboxylic acids is 1. The standard InChI is InChI=1S/C33H31N4O4S2/c1-19-26(29(33(40)41)37-28(19)27(20(2)38)30(37)39)25-17-36-18-35(31(42-3)32(36)43-25)15-22-8-6-7-21(13-22)14-34-12-11-23-9-4-5-10-24(23)16-34/h4-13,16-20,27-28,38H,14-15H2,1-3H3/q+1/p+1/t19-,20+,27+,28?/m0/s1. The molecule has 2 aromatic carbocycles. The summed E-state index contributed by atoms with van der Waals surface area (Å²) < 4.78 is 6.50. The summed E-state index contributed by atoms with van der Waals surface area (Å²) in [7, 11) is 0. The van der Waals surface area contributed by atoms with Crippen LogP contribution in [0.4, 0.5) is 0 Å². The van der Waals surface area contributed by atoms with Crippen molar-refractivity contribution < 1.29 is 28.9 Å². The number of β-lactam (4-membered cyclic amide) rings is 1. The molecule has 0 bridgehead atoms. The summed E-state index contributed by atoms with van der Waals surface area (Å²) in [5.41, 5.74) is 3.14. The molecule has 8 nitrogen and oxygen atoms in total. The Morgan fingerprint density at radius 1 is 1.09 bits per heavy atom. The molecule has 5 heterocycles. The van der Waals surface area contributed by atoms with Crippen molar-refractivity contribution in [3.05, 3.63) is 101 Å². The second kappa shape index (κ2) is 10.6. The average molecular weight is 613 g/mol. The van der Waals surface area contributed by atoms with Crippen LogP contribution in [0.2, 0.25) is 0 Å². The number of carboxylic acids is 1. The first kappa shape index (κ1) is 27.8. The third-order valence-corrected chi connectivity index (χ3v) is 10.8. The molecule has 10 heteroatoms. The molecule has 7 rings (SSSR count). The van der Waals surface area contributed by atoms with Crippen LogP contribution in [0.3, 0.4) is 0 Å². The molecule has 5 aromatic rings. The van der Waals surface area contributed by atoms with E-state index in [9.17, 15) is 19.8 Å². The van der Waals surface area contributed by atoms with E-state index in [1.807, 2.05) is 13.1 Å². The predicted octanol–water partition coefficient (Wildman–Crippen LogP) is 4.20. The minimum atomic E-state index is -1.11. The van der Waals surface area contributed by atoms with E-state index < -0.39 is 18.0 Å². The molecule has 43 heavy (non-hydrogen) atoms. The van der Waals surface area contributed by atoms with Crippen molar-refractivity contribution in [1.29, 1.82) is 0 Å². The van der Waals surface area contributed by atoms with Gasteiger partial charge in [0.15, 0.2) is 18.9 Å². The molecule has 1 saturated heterocycles. The van der Waals surface area contributed by atoms with Gasteiger partial charge in [-0.1, -0.05) is 66.4 Å². The molecule has 3 aromatic heterocycles. The molecule has 0 aliphatic carbocycles. The fraction of sp³-hybridized carbons (Fsp3) is 0.273. The van der Waals surface area contributed by atoms with E-state index in [-0.39, 0.29) is 23.6 Å². The van der Waals surface area contributed by atoms with Crippen molar-refractivity contribution >= 4 is 56.2 Å². The maximum absolute atomic E-state index is 12.8. The highest BCUT2D eigenvalue weighted by molar-refractivity contribution is 7.98.